The molecule has 37 heavy (non-hydrogen) atoms. The molecule has 3 aromatic carbocycles. The van der Waals surface area contributed by atoms with Gasteiger partial charge in [0.15, 0.2) is 0 Å². The zero-order valence-electron chi connectivity index (χ0n) is 20.3. The predicted octanol–water partition coefficient (Wildman–Crippen LogP) is 3.34. The van der Waals surface area contributed by atoms with Gasteiger partial charge >= 0.3 is 12.1 Å². The normalized spacial score (nSPS) is 14.6. The molecule has 0 saturated heterocycles. The molecule has 0 fully saturated rings. The van der Waals surface area contributed by atoms with Gasteiger partial charge in [0.2, 0.25) is 0 Å². The number of hydrogen-bond donors (Lipinski definition) is 2. The number of benzene rings is 3. The number of amides is 3. The second-order valence-corrected chi connectivity index (χ2v) is 9.21. The lowest BCUT2D eigenvalue weighted by molar-refractivity contribution is -0.139. The molecule has 1 aliphatic heterocycles. The van der Waals surface area contributed by atoms with Crippen LogP contribution < -0.4 is 10.2 Å². The van der Waals surface area contributed by atoms with Gasteiger partial charge in [-0.25, -0.2) is 9.59 Å². The Morgan fingerprint density at radius 3 is 2.11 bits per heavy atom. The van der Waals surface area contributed by atoms with Crippen LogP contribution in [0.1, 0.15) is 37.8 Å². The predicted molar refractivity (Wildman–Crippen MR) is 136 cm³/mol. The van der Waals surface area contributed by atoms with E-state index in [-0.39, 0.29) is 23.7 Å². The highest BCUT2D eigenvalue weighted by Crippen LogP contribution is 2.44. The average molecular weight is 500 g/mol. The molecule has 3 aromatic rings. The van der Waals surface area contributed by atoms with E-state index in [9.17, 15) is 24.3 Å². The summed E-state index contributed by atoms with van der Waals surface area (Å²) in [5.74, 6) is -2.79. The van der Waals surface area contributed by atoms with Crippen LogP contribution in [-0.4, -0.2) is 67.2 Å². The summed E-state index contributed by atoms with van der Waals surface area (Å²) in [4.78, 5) is 52.9. The minimum absolute atomic E-state index is 0.00648. The lowest BCUT2D eigenvalue weighted by Crippen LogP contribution is -2.50. The highest BCUT2D eigenvalue weighted by molar-refractivity contribution is 6.22. The van der Waals surface area contributed by atoms with E-state index in [0.29, 0.717) is 0 Å². The van der Waals surface area contributed by atoms with Crippen molar-refractivity contribution >= 4 is 29.6 Å². The van der Waals surface area contributed by atoms with Crippen molar-refractivity contribution in [3.05, 3.63) is 89.0 Å². The average Bonchev–Trinajstić information content (AvgIpc) is 3.33. The summed E-state index contributed by atoms with van der Waals surface area (Å²) in [5, 5.41) is 12.0. The molecule has 0 bridgehead atoms. The number of anilines is 1. The van der Waals surface area contributed by atoms with Gasteiger partial charge in [-0.2, -0.15) is 0 Å². The van der Waals surface area contributed by atoms with Crippen LogP contribution in [0, 0.1) is 0 Å². The van der Waals surface area contributed by atoms with Gasteiger partial charge in [0.1, 0.15) is 12.6 Å². The minimum atomic E-state index is -1.54. The van der Waals surface area contributed by atoms with Gasteiger partial charge in [0.25, 0.3) is 11.8 Å². The molecule has 188 valence electrons. The number of nitrogens with zero attached hydrogens (tertiary/aromatic N) is 2. The molecule has 3 amide bonds. The fraction of sp³-hybridized carbons (Fsp3) is 0.214. The topological polar surface area (TPSA) is 116 Å². The third kappa shape index (κ3) is 4.29. The highest BCUT2D eigenvalue weighted by atomic mass is 16.5. The summed E-state index contributed by atoms with van der Waals surface area (Å²) >= 11 is 0. The second kappa shape index (κ2) is 9.42. The van der Waals surface area contributed by atoms with E-state index in [1.165, 1.54) is 0 Å². The van der Waals surface area contributed by atoms with Crippen LogP contribution in [0.3, 0.4) is 0 Å². The second-order valence-electron chi connectivity index (χ2n) is 9.21. The van der Waals surface area contributed by atoms with Crippen LogP contribution in [0.15, 0.2) is 66.7 Å². The zero-order chi connectivity index (χ0) is 26.3. The molecule has 0 unspecified atom stereocenters. The quantitative estimate of drug-likeness (QED) is 0.479. The van der Waals surface area contributed by atoms with Gasteiger partial charge in [-0.3, -0.25) is 14.5 Å². The van der Waals surface area contributed by atoms with Crippen LogP contribution in [0.25, 0.3) is 11.1 Å². The first-order valence-electron chi connectivity index (χ1n) is 11.8. The molecule has 1 aliphatic carbocycles. The molecular weight excluding hydrogens is 474 g/mol. The van der Waals surface area contributed by atoms with Crippen LogP contribution >= 0.6 is 0 Å². The van der Waals surface area contributed by atoms with Gasteiger partial charge in [-0.15, -0.1) is 0 Å². The number of fused-ring (bicyclic) bond motifs is 4. The van der Waals surface area contributed by atoms with Crippen molar-refractivity contribution in [3.63, 3.8) is 0 Å². The lowest BCUT2D eigenvalue weighted by atomic mass is 9.98. The number of aliphatic carboxylic acids is 1. The number of carbonyl (C=O) groups is 4. The fourth-order valence-corrected chi connectivity index (χ4v) is 4.87. The molecule has 2 N–H and O–H groups in total. The minimum Gasteiger partial charge on any atom is -0.480 e. The van der Waals surface area contributed by atoms with Crippen LogP contribution in [0.2, 0.25) is 0 Å². The molecule has 9 nitrogen and oxygen atoms in total. The zero-order valence-corrected chi connectivity index (χ0v) is 20.3. The number of nitrogens with one attached hydrogen (secondary N) is 1. The smallest absolute Gasteiger partial charge is 0.407 e. The SMILES string of the molecule is CN(C)c1ccc2c(c1)C(=O)N(C[C@H](NC(=O)OCC1c3ccccc3-c3ccccc31)C(=O)O)C2=O. The van der Waals surface area contributed by atoms with Gasteiger partial charge in [-0.1, -0.05) is 48.5 Å². The third-order valence-electron chi connectivity index (χ3n) is 6.77. The van der Waals surface area contributed by atoms with E-state index >= 15 is 0 Å². The molecule has 0 aromatic heterocycles. The van der Waals surface area contributed by atoms with Crippen molar-refractivity contribution in [2.45, 2.75) is 12.0 Å². The van der Waals surface area contributed by atoms with Crippen LogP contribution in [-0.2, 0) is 9.53 Å². The molecule has 0 saturated carbocycles. The number of carbonyl (C=O) groups excluding carboxylic acids is 3. The summed E-state index contributed by atoms with van der Waals surface area (Å²) < 4.78 is 5.44. The Bertz CT molecular complexity index is 1390. The molecule has 1 heterocycles. The standard InChI is InChI=1S/C28H25N3O6/c1-30(2)16-11-12-21-22(13-16)26(33)31(25(21)32)14-24(27(34)35)29-28(36)37-15-23-19-9-5-3-7-17(19)18-8-4-6-10-20(18)23/h3-13,23-24H,14-15H2,1-2H3,(H,29,36)(H,34,35)/t24-/m0/s1. The maximum atomic E-state index is 12.9. The number of imide groups is 1. The maximum absolute atomic E-state index is 12.9. The summed E-state index contributed by atoms with van der Waals surface area (Å²) in [7, 11) is 3.61. The van der Waals surface area contributed by atoms with E-state index in [0.717, 1.165) is 32.8 Å². The molecule has 2 aliphatic rings. The third-order valence-corrected chi connectivity index (χ3v) is 6.77. The summed E-state index contributed by atoms with van der Waals surface area (Å²) in [6, 6.07) is 19.0. The molecule has 0 spiro atoms. The Balaban J connectivity index is 1.27. The van der Waals surface area contributed by atoms with Crippen LogP contribution in [0.4, 0.5) is 10.5 Å². The first kappa shape index (κ1) is 24.1. The number of carboxylic acid groups (broad SMARTS) is 1. The Morgan fingerprint density at radius 1 is 0.919 bits per heavy atom. The molecule has 9 heteroatoms. The Kier molecular flexibility index (Phi) is 6.12. The van der Waals surface area contributed by atoms with Gasteiger partial charge in [0, 0.05) is 25.7 Å². The van der Waals surface area contributed by atoms with Crippen molar-refractivity contribution < 1.29 is 29.0 Å². The van der Waals surface area contributed by atoms with Crippen molar-refractivity contribution in [3.8, 4) is 11.1 Å². The highest BCUT2D eigenvalue weighted by Gasteiger charge is 2.39. The van der Waals surface area contributed by atoms with Gasteiger partial charge < -0.3 is 20.1 Å². The number of ether oxygens (including phenoxy) is 1. The number of alkyl carbamates (subject to hydrolysis) is 1. The summed E-state index contributed by atoms with van der Waals surface area (Å²) in [6.07, 6.45) is -0.944. The first-order valence-corrected chi connectivity index (χ1v) is 11.8. The lowest BCUT2D eigenvalue weighted by Gasteiger charge is -2.21. The number of rotatable bonds is 7. The number of carboxylic acids is 1. The van der Waals surface area contributed by atoms with Crippen molar-refractivity contribution in [2.24, 2.45) is 0 Å². The molecule has 0 radical (unpaired) electrons. The Hall–Kier alpha value is -4.66. The monoisotopic (exact) mass is 499 g/mol. The molecule has 1 atom stereocenters. The maximum Gasteiger partial charge on any atom is 0.407 e. The van der Waals surface area contributed by atoms with Crippen molar-refractivity contribution in [1.82, 2.24) is 10.2 Å². The van der Waals surface area contributed by atoms with Crippen LogP contribution in [0.5, 0.6) is 0 Å². The Morgan fingerprint density at radius 2 is 1.51 bits per heavy atom. The molecule has 5 rings (SSSR count). The summed E-state index contributed by atoms with van der Waals surface area (Å²) in [5.41, 5.74) is 5.30. The summed E-state index contributed by atoms with van der Waals surface area (Å²) in [6.45, 7) is -0.518. The largest absolute Gasteiger partial charge is 0.480 e. The first-order chi connectivity index (χ1) is 17.8. The van der Waals surface area contributed by atoms with E-state index in [1.807, 2.05) is 48.5 Å². The van der Waals surface area contributed by atoms with E-state index in [4.69, 9.17) is 4.74 Å². The van der Waals surface area contributed by atoms with Gasteiger partial charge in [-0.05, 0) is 40.5 Å². The van der Waals surface area contributed by atoms with Crippen molar-refractivity contribution in [2.75, 3.05) is 32.1 Å². The van der Waals surface area contributed by atoms with E-state index < -0.39 is 36.5 Å². The van der Waals surface area contributed by atoms with E-state index in [1.54, 1.807) is 37.2 Å². The van der Waals surface area contributed by atoms with E-state index in [2.05, 4.69) is 5.32 Å². The van der Waals surface area contributed by atoms with Crippen molar-refractivity contribution in [1.29, 1.82) is 0 Å². The van der Waals surface area contributed by atoms with Gasteiger partial charge in [0.05, 0.1) is 17.7 Å². The fourth-order valence-electron chi connectivity index (χ4n) is 4.87. The molecular formula is C28H25N3O6. The Labute approximate surface area is 213 Å². The number of hydrogen-bond acceptors (Lipinski definition) is 6.